The number of hydrogen-bond donors (Lipinski definition) is 0. The molecule has 2 aliphatic rings. The summed E-state index contributed by atoms with van der Waals surface area (Å²) in [5.74, 6) is 0. The molecule has 0 spiro atoms. The van der Waals surface area contributed by atoms with Crippen LogP contribution in [0.2, 0.25) is 0 Å². The maximum absolute atomic E-state index is 4.86. The Bertz CT molecular complexity index is 1160. The Morgan fingerprint density at radius 2 is 1.03 bits per heavy atom. The molecule has 152 valence electrons. The summed E-state index contributed by atoms with van der Waals surface area (Å²) in [6.45, 7) is 13.7. The van der Waals surface area contributed by atoms with Gasteiger partial charge < -0.3 is 9.80 Å². The minimum absolute atomic E-state index is 0.373. The molecule has 4 heteroatoms. The molecule has 0 unspecified atom stereocenters. The number of anilines is 2. The highest BCUT2D eigenvalue weighted by Gasteiger charge is 2.37. The van der Waals surface area contributed by atoms with Crippen molar-refractivity contribution in [2.45, 2.75) is 27.7 Å². The maximum atomic E-state index is 4.86. The second-order valence-electron chi connectivity index (χ2n) is 10.7. The average Bonchev–Trinajstić information content (AvgIpc) is 2.69. The molecule has 2 saturated heterocycles. The summed E-state index contributed by atoms with van der Waals surface area (Å²) >= 11 is 0. The Morgan fingerprint density at radius 1 is 0.633 bits per heavy atom. The van der Waals surface area contributed by atoms with E-state index in [-0.39, 0.29) is 0 Å². The van der Waals surface area contributed by atoms with Crippen LogP contribution in [0.3, 0.4) is 0 Å². The van der Waals surface area contributed by atoms with Crippen molar-refractivity contribution in [3.8, 4) is 0 Å². The van der Waals surface area contributed by atoms with Crippen molar-refractivity contribution in [3.63, 3.8) is 0 Å². The van der Waals surface area contributed by atoms with Gasteiger partial charge in [0.1, 0.15) is 0 Å². The van der Waals surface area contributed by atoms with Gasteiger partial charge in [-0.05, 0) is 33.7 Å². The zero-order chi connectivity index (χ0) is 20.7. The Morgan fingerprint density at radius 3 is 1.40 bits per heavy atom. The third-order valence-electron chi connectivity index (χ3n) is 6.70. The molecule has 4 nitrogen and oxygen atoms in total. The van der Waals surface area contributed by atoms with Crippen molar-refractivity contribution in [1.82, 2.24) is 9.97 Å². The quantitative estimate of drug-likeness (QED) is 0.411. The van der Waals surface area contributed by atoms with Gasteiger partial charge in [0.05, 0.1) is 11.0 Å². The molecule has 0 aliphatic carbocycles. The molecule has 0 bridgehead atoms. The third kappa shape index (κ3) is 2.52. The number of rotatable bonds is 2. The van der Waals surface area contributed by atoms with E-state index < -0.39 is 0 Å². The molecule has 30 heavy (non-hydrogen) atoms. The molecule has 0 atom stereocenters. The topological polar surface area (TPSA) is 32.3 Å². The van der Waals surface area contributed by atoms with Gasteiger partial charge in [0.2, 0.25) is 0 Å². The molecule has 0 amide bonds. The molecule has 2 aliphatic heterocycles. The van der Waals surface area contributed by atoms with E-state index in [0.717, 1.165) is 37.2 Å². The fourth-order valence-corrected chi connectivity index (χ4v) is 5.55. The number of aromatic nitrogens is 2. The van der Waals surface area contributed by atoms with Gasteiger partial charge in [-0.2, -0.15) is 0 Å². The maximum Gasteiger partial charge on any atom is 0.0992 e. The predicted octanol–water partition coefficient (Wildman–Crippen LogP) is 5.63. The molecule has 2 aromatic carbocycles. The Hall–Kier alpha value is -2.88. The molecule has 0 radical (unpaired) electrons. The first-order valence-corrected chi connectivity index (χ1v) is 10.9. The summed E-state index contributed by atoms with van der Waals surface area (Å²) in [4.78, 5) is 14.7. The Kier molecular flexibility index (Phi) is 3.49. The summed E-state index contributed by atoms with van der Waals surface area (Å²) in [6.07, 6.45) is 3.91. The van der Waals surface area contributed by atoms with Crippen LogP contribution in [0.25, 0.3) is 32.6 Å². The number of hydrogen-bond acceptors (Lipinski definition) is 4. The van der Waals surface area contributed by atoms with E-state index in [1.165, 1.54) is 32.9 Å². The first kappa shape index (κ1) is 17.9. The second kappa shape index (κ2) is 5.84. The summed E-state index contributed by atoms with van der Waals surface area (Å²) < 4.78 is 0. The van der Waals surface area contributed by atoms with Crippen LogP contribution in [-0.4, -0.2) is 36.1 Å². The summed E-state index contributed by atoms with van der Waals surface area (Å²) in [7, 11) is 0. The van der Waals surface area contributed by atoms with E-state index in [1.807, 2.05) is 12.4 Å². The summed E-state index contributed by atoms with van der Waals surface area (Å²) in [5.41, 5.74) is 5.36. The van der Waals surface area contributed by atoms with Gasteiger partial charge in [-0.15, -0.1) is 0 Å². The predicted molar refractivity (Wildman–Crippen MR) is 127 cm³/mol. The van der Waals surface area contributed by atoms with Crippen LogP contribution in [0.1, 0.15) is 27.7 Å². The van der Waals surface area contributed by atoms with Crippen LogP contribution in [0.5, 0.6) is 0 Å². The smallest absolute Gasteiger partial charge is 0.0992 e. The minimum Gasteiger partial charge on any atom is -0.370 e. The van der Waals surface area contributed by atoms with Crippen molar-refractivity contribution < 1.29 is 0 Å². The van der Waals surface area contributed by atoms with Crippen LogP contribution in [0.15, 0.2) is 48.8 Å². The van der Waals surface area contributed by atoms with Gasteiger partial charge in [0.15, 0.2) is 0 Å². The second-order valence-corrected chi connectivity index (χ2v) is 10.7. The van der Waals surface area contributed by atoms with Gasteiger partial charge in [-0.3, -0.25) is 9.97 Å². The van der Waals surface area contributed by atoms with Crippen molar-refractivity contribution in [3.05, 3.63) is 48.8 Å². The summed E-state index contributed by atoms with van der Waals surface area (Å²) in [6, 6.07) is 13.2. The van der Waals surface area contributed by atoms with Gasteiger partial charge in [0, 0.05) is 60.7 Å². The van der Waals surface area contributed by atoms with Crippen LogP contribution < -0.4 is 9.80 Å². The lowest BCUT2D eigenvalue weighted by Gasteiger charge is -2.48. The zero-order valence-electron chi connectivity index (χ0n) is 18.2. The van der Waals surface area contributed by atoms with Crippen molar-refractivity contribution in [1.29, 1.82) is 0 Å². The SMILES string of the molecule is CC1(C)CN(c2ccnc3c4nccc(N5CC(C)(C)C5)c4c4ccccc4c23)C1. The summed E-state index contributed by atoms with van der Waals surface area (Å²) in [5, 5.41) is 5.04. The highest BCUT2D eigenvalue weighted by Crippen LogP contribution is 2.45. The first-order chi connectivity index (χ1) is 14.3. The fraction of sp³-hybridized carbons (Fsp3) is 0.385. The molecule has 4 aromatic rings. The minimum atomic E-state index is 0.373. The number of pyridine rings is 2. The monoisotopic (exact) mass is 396 g/mol. The molecular weight excluding hydrogens is 368 g/mol. The molecule has 4 heterocycles. The van der Waals surface area contributed by atoms with E-state index in [9.17, 15) is 0 Å². The van der Waals surface area contributed by atoms with Gasteiger partial charge in [-0.1, -0.05) is 52.0 Å². The number of nitrogens with zero attached hydrogens (tertiary/aromatic N) is 4. The molecular formula is C26H28N4. The molecule has 0 saturated carbocycles. The zero-order valence-corrected chi connectivity index (χ0v) is 18.2. The van der Waals surface area contributed by atoms with Crippen LogP contribution >= 0.6 is 0 Å². The standard InChI is InChI=1S/C26H28N4/c1-25(2)13-29(14-25)19-9-11-27-23-21(19)17-7-5-6-8-18(17)22-20(10-12-28-24(22)23)30-15-26(3,4)16-30/h5-12H,13-16H2,1-4H3. The van der Waals surface area contributed by atoms with E-state index in [4.69, 9.17) is 9.97 Å². The largest absolute Gasteiger partial charge is 0.370 e. The number of fused-ring (bicyclic) bond motifs is 6. The normalized spacial score (nSPS) is 19.9. The highest BCUT2D eigenvalue weighted by atomic mass is 15.2. The van der Waals surface area contributed by atoms with E-state index in [2.05, 4.69) is 73.9 Å². The number of benzene rings is 2. The lowest BCUT2D eigenvalue weighted by atomic mass is 9.83. The first-order valence-electron chi connectivity index (χ1n) is 10.9. The highest BCUT2D eigenvalue weighted by molar-refractivity contribution is 6.28. The fourth-order valence-electron chi connectivity index (χ4n) is 5.55. The van der Waals surface area contributed by atoms with Crippen molar-refractivity contribution in [2.24, 2.45) is 10.8 Å². The van der Waals surface area contributed by atoms with E-state index in [1.54, 1.807) is 0 Å². The van der Waals surface area contributed by atoms with Crippen LogP contribution in [-0.2, 0) is 0 Å². The molecule has 6 rings (SSSR count). The van der Waals surface area contributed by atoms with Gasteiger partial charge in [0.25, 0.3) is 0 Å². The van der Waals surface area contributed by atoms with Crippen molar-refractivity contribution in [2.75, 3.05) is 36.0 Å². The van der Waals surface area contributed by atoms with Crippen LogP contribution in [0.4, 0.5) is 11.4 Å². The van der Waals surface area contributed by atoms with Crippen molar-refractivity contribution >= 4 is 44.0 Å². The third-order valence-corrected chi connectivity index (χ3v) is 6.70. The average molecular weight is 397 g/mol. The van der Waals surface area contributed by atoms with Gasteiger partial charge >= 0.3 is 0 Å². The lowest BCUT2D eigenvalue weighted by molar-refractivity contribution is 0.277. The molecule has 2 fully saturated rings. The van der Waals surface area contributed by atoms with Gasteiger partial charge in [-0.25, -0.2) is 0 Å². The molecule has 0 N–H and O–H groups in total. The van der Waals surface area contributed by atoms with E-state index >= 15 is 0 Å². The Balaban J connectivity index is 1.67. The molecule has 2 aromatic heterocycles. The Labute approximate surface area is 177 Å². The van der Waals surface area contributed by atoms with Crippen LogP contribution in [0, 0.1) is 10.8 Å². The van der Waals surface area contributed by atoms with E-state index in [0.29, 0.717) is 10.8 Å². The lowest BCUT2D eigenvalue weighted by Crippen LogP contribution is -2.53.